The Labute approximate surface area is 118 Å². The molecule has 21 heavy (non-hydrogen) atoms. The monoisotopic (exact) mass is 304 g/mol. The van der Waals surface area contributed by atoms with Crippen molar-refractivity contribution in [2.75, 3.05) is 13.2 Å². The summed E-state index contributed by atoms with van der Waals surface area (Å²) in [4.78, 5) is 23.2. The number of pyridine rings is 1. The van der Waals surface area contributed by atoms with E-state index < -0.39 is 29.8 Å². The highest BCUT2D eigenvalue weighted by molar-refractivity contribution is 5.75. The Morgan fingerprint density at radius 2 is 2.05 bits per heavy atom. The van der Waals surface area contributed by atoms with Gasteiger partial charge in [0.25, 0.3) is 5.56 Å². The van der Waals surface area contributed by atoms with E-state index in [1.807, 2.05) is 0 Å². The molecule has 1 aliphatic carbocycles. The van der Waals surface area contributed by atoms with E-state index in [2.05, 4.69) is 5.32 Å². The number of aromatic nitrogens is 1. The molecule has 0 radical (unpaired) electrons. The Morgan fingerprint density at radius 1 is 1.38 bits per heavy atom. The Hall–Kier alpha value is -1.83. The molecule has 2 N–H and O–H groups in total. The molecule has 8 heteroatoms. The van der Waals surface area contributed by atoms with Gasteiger partial charge in [-0.05, 0) is 18.9 Å². The summed E-state index contributed by atoms with van der Waals surface area (Å²) in [5.41, 5.74) is -1.96. The van der Waals surface area contributed by atoms with Crippen LogP contribution in [0.15, 0.2) is 23.1 Å². The van der Waals surface area contributed by atoms with Crippen LogP contribution in [0, 0.1) is 5.41 Å². The van der Waals surface area contributed by atoms with Gasteiger partial charge in [-0.25, -0.2) is 0 Å². The summed E-state index contributed by atoms with van der Waals surface area (Å²) in [6.45, 7) is -0.267. The molecule has 1 heterocycles. The largest absolute Gasteiger partial charge is 0.417 e. The number of carbonyl (C=O) groups excluding carboxylic acids is 1. The van der Waals surface area contributed by atoms with E-state index >= 15 is 0 Å². The molecule has 0 atom stereocenters. The average Bonchev–Trinajstić information content (AvgIpc) is 3.18. The standard InChI is InChI=1S/C13H15F3N2O3/c14-13(15,16)9-1-2-11(21)18(5-9)6-10(20)17-7-12(8-19)3-4-12/h1-2,5,19H,3-4,6-8H2,(H,17,20). The highest BCUT2D eigenvalue weighted by atomic mass is 19.4. The fraction of sp³-hybridized carbons (Fsp3) is 0.538. The second kappa shape index (κ2) is 5.51. The van der Waals surface area contributed by atoms with Crippen molar-refractivity contribution in [3.63, 3.8) is 0 Å². The van der Waals surface area contributed by atoms with Crippen LogP contribution < -0.4 is 10.9 Å². The summed E-state index contributed by atoms with van der Waals surface area (Å²) < 4.78 is 38.4. The van der Waals surface area contributed by atoms with Crippen LogP contribution in [-0.2, 0) is 17.5 Å². The Kier molecular flexibility index (Phi) is 4.08. The summed E-state index contributed by atoms with van der Waals surface area (Å²) in [5, 5.41) is 11.6. The van der Waals surface area contributed by atoms with Crippen molar-refractivity contribution < 1.29 is 23.1 Å². The third-order valence-corrected chi connectivity index (χ3v) is 3.58. The van der Waals surface area contributed by atoms with E-state index in [0.29, 0.717) is 12.3 Å². The van der Waals surface area contributed by atoms with Crippen LogP contribution in [-0.4, -0.2) is 28.7 Å². The molecule has 0 aromatic carbocycles. The number of alkyl halides is 3. The minimum Gasteiger partial charge on any atom is -0.396 e. The first-order valence-electron chi connectivity index (χ1n) is 6.41. The van der Waals surface area contributed by atoms with Crippen molar-refractivity contribution in [3.8, 4) is 0 Å². The first-order valence-corrected chi connectivity index (χ1v) is 6.41. The van der Waals surface area contributed by atoms with Gasteiger partial charge in [0, 0.05) is 24.2 Å². The Balaban J connectivity index is 2.01. The summed E-state index contributed by atoms with van der Waals surface area (Å²) in [6, 6.07) is 1.47. The summed E-state index contributed by atoms with van der Waals surface area (Å²) >= 11 is 0. The molecule has 1 amide bonds. The van der Waals surface area contributed by atoms with Crippen molar-refractivity contribution in [1.82, 2.24) is 9.88 Å². The van der Waals surface area contributed by atoms with Crippen LogP contribution in [0.3, 0.4) is 0 Å². The first kappa shape index (κ1) is 15.6. The van der Waals surface area contributed by atoms with Gasteiger partial charge in [-0.1, -0.05) is 0 Å². The van der Waals surface area contributed by atoms with Crippen LogP contribution in [0.2, 0.25) is 0 Å². The first-order chi connectivity index (χ1) is 9.76. The molecule has 1 fully saturated rings. The fourth-order valence-corrected chi connectivity index (χ4v) is 1.89. The number of rotatable bonds is 5. The Morgan fingerprint density at radius 3 is 2.57 bits per heavy atom. The number of hydrogen-bond acceptors (Lipinski definition) is 3. The topological polar surface area (TPSA) is 71.3 Å². The van der Waals surface area contributed by atoms with Crippen molar-refractivity contribution >= 4 is 5.91 Å². The number of carbonyl (C=O) groups is 1. The number of hydrogen-bond donors (Lipinski definition) is 2. The molecule has 116 valence electrons. The van der Waals surface area contributed by atoms with Crippen LogP contribution in [0.4, 0.5) is 13.2 Å². The van der Waals surface area contributed by atoms with Gasteiger partial charge < -0.3 is 15.0 Å². The summed E-state index contributed by atoms with van der Waals surface area (Å²) in [6.07, 6.45) is -2.34. The number of aliphatic hydroxyl groups is 1. The number of nitrogens with zero attached hydrogens (tertiary/aromatic N) is 1. The van der Waals surface area contributed by atoms with Crippen LogP contribution >= 0.6 is 0 Å². The molecule has 5 nitrogen and oxygen atoms in total. The molecule has 1 aromatic heterocycles. The van der Waals surface area contributed by atoms with E-state index in [-0.39, 0.29) is 18.6 Å². The van der Waals surface area contributed by atoms with Crippen LogP contribution in [0.5, 0.6) is 0 Å². The zero-order valence-corrected chi connectivity index (χ0v) is 11.1. The van der Waals surface area contributed by atoms with E-state index in [1.165, 1.54) is 0 Å². The molecule has 2 rings (SSSR count). The van der Waals surface area contributed by atoms with Gasteiger partial charge >= 0.3 is 6.18 Å². The highest BCUT2D eigenvalue weighted by Crippen LogP contribution is 2.44. The van der Waals surface area contributed by atoms with Gasteiger partial charge in [-0.3, -0.25) is 9.59 Å². The van der Waals surface area contributed by atoms with Crippen molar-refractivity contribution in [2.24, 2.45) is 5.41 Å². The third kappa shape index (κ3) is 3.84. The zero-order chi connectivity index (χ0) is 15.7. The number of halogens is 3. The quantitative estimate of drug-likeness (QED) is 0.843. The van der Waals surface area contributed by atoms with Gasteiger partial charge in [0.05, 0.1) is 12.2 Å². The lowest BCUT2D eigenvalue weighted by Crippen LogP contribution is -2.36. The lowest BCUT2D eigenvalue weighted by molar-refractivity contribution is -0.138. The molecule has 1 aromatic rings. The minimum absolute atomic E-state index is 0.0449. The molecule has 0 spiro atoms. The number of aliphatic hydroxyl groups excluding tert-OH is 1. The SMILES string of the molecule is O=C(Cn1cc(C(F)(F)F)ccc1=O)NCC1(CO)CC1. The highest BCUT2D eigenvalue weighted by Gasteiger charge is 2.42. The molecule has 0 bridgehead atoms. The van der Waals surface area contributed by atoms with Crippen molar-refractivity contribution in [3.05, 3.63) is 34.2 Å². The van der Waals surface area contributed by atoms with Gasteiger partial charge in [0.2, 0.25) is 5.91 Å². The van der Waals surface area contributed by atoms with E-state index in [0.717, 1.165) is 23.5 Å². The summed E-state index contributed by atoms with van der Waals surface area (Å²) in [5.74, 6) is -0.559. The second-order valence-corrected chi connectivity index (χ2v) is 5.32. The lowest BCUT2D eigenvalue weighted by Gasteiger charge is -2.14. The van der Waals surface area contributed by atoms with Crippen molar-refractivity contribution in [1.29, 1.82) is 0 Å². The van der Waals surface area contributed by atoms with Gasteiger partial charge in [-0.15, -0.1) is 0 Å². The molecule has 0 unspecified atom stereocenters. The van der Waals surface area contributed by atoms with Gasteiger partial charge in [-0.2, -0.15) is 13.2 Å². The smallest absolute Gasteiger partial charge is 0.396 e. The van der Waals surface area contributed by atoms with E-state index in [4.69, 9.17) is 5.11 Å². The maximum Gasteiger partial charge on any atom is 0.417 e. The molecular weight excluding hydrogens is 289 g/mol. The van der Waals surface area contributed by atoms with Gasteiger partial charge in [0.15, 0.2) is 0 Å². The third-order valence-electron chi connectivity index (χ3n) is 3.58. The average molecular weight is 304 g/mol. The normalized spacial score (nSPS) is 16.6. The molecular formula is C13H15F3N2O3. The summed E-state index contributed by atoms with van der Waals surface area (Å²) in [7, 11) is 0. The van der Waals surface area contributed by atoms with E-state index in [9.17, 15) is 22.8 Å². The van der Waals surface area contributed by atoms with Crippen molar-refractivity contribution in [2.45, 2.75) is 25.6 Å². The predicted molar refractivity (Wildman–Crippen MR) is 67.5 cm³/mol. The Bertz CT molecular complexity index is 591. The minimum atomic E-state index is -4.57. The maximum absolute atomic E-state index is 12.6. The number of nitrogens with one attached hydrogen (secondary N) is 1. The maximum atomic E-state index is 12.6. The zero-order valence-electron chi connectivity index (χ0n) is 11.1. The van der Waals surface area contributed by atoms with Gasteiger partial charge in [0.1, 0.15) is 6.54 Å². The predicted octanol–water partition coefficient (Wildman–Crippen LogP) is 0.756. The lowest BCUT2D eigenvalue weighted by atomic mass is 10.1. The number of amides is 1. The molecule has 1 saturated carbocycles. The fourth-order valence-electron chi connectivity index (χ4n) is 1.89. The molecule has 0 aliphatic heterocycles. The second-order valence-electron chi connectivity index (χ2n) is 5.32. The van der Waals surface area contributed by atoms with E-state index in [1.54, 1.807) is 0 Å². The van der Waals surface area contributed by atoms with Crippen LogP contribution in [0.25, 0.3) is 0 Å². The molecule has 1 aliphatic rings. The molecule has 0 saturated heterocycles. The van der Waals surface area contributed by atoms with Crippen LogP contribution in [0.1, 0.15) is 18.4 Å².